The quantitative estimate of drug-likeness (QED) is 0.461. The summed E-state index contributed by atoms with van der Waals surface area (Å²) in [5.74, 6) is -0.519. The predicted octanol–water partition coefficient (Wildman–Crippen LogP) is 3.19. The van der Waals surface area contributed by atoms with Gasteiger partial charge in [-0.2, -0.15) is 5.10 Å². The second-order valence-corrected chi connectivity index (χ2v) is 6.21. The van der Waals surface area contributed by atoms with Crippen LogP contribution in [0.5, 0.6) is 0 Å². The van der Waals surface area contributed by atoms with Gasteiger partial charge in [0.15, 0.2) is 11.5 Å². The highest BCUT2D eigenvalue weighted by Gasteiger charge is 2.19. The molecule has 0 radical (unpaired) electrons. The zero-order valence-electron chi connectivity index (χ0n) is 14.3. The molecule has 0 aliphatic rings. The number of nitrogens with one attached hydrogen (secondary N) is 3. The maximum Gasteiger partial charge on any atom is 0.290 e. The largest absolute Gasteiger partial charge is 0.463 e. The van der Waals surface area contributed by atoms with E-state index in [1.807, 2.05) is 0 Å². The van der Waals surface area contributed by atoms with Crippen molar-refractivity contribution in [1.29, 1.82) is 0 Å². The molecular formula is C19H14ClN5O3. The Morgan fingerprint density at radius 3 is 2.61 bits per heavy atom. The second kappa shape index (κ2) is 7.45. The van der Waals surface area contributed by atoms with Crippen molar-refractivity contribution in [2.24, 2.45) is 0 Å². The molecule has 0 fully saturated rings. The van der Waals surface area contributed by atoms with E-state index < -0.39 is 11.8 Å². The molecule has 28 heavy (non-hydrogen) atoms. The summed E-state index contributed by atoms with van der Waals surface area (Å²) >= 11 is 6.08. The lowest BCUT2D eigenvalue weighted by Crippen LogP contribution is -2.42. The molecule has 8 nitrogen and oxygen atoms in total. The first kappa shape index (κ1) is 17.6. The van der Waals surface area contributed by atoms with Crippen molar-refractivity contribution in [3.8, 4) is 17.1 Å². The third kappa shape index (κ3) is 3.53. The summed E-state index contributed by atoms with van der Waals surface area (Å²) in [6.07, 6.45) is 3.14. The van der Waals surface area contributed by atoms with Crippen molar-refractivity contribution >= 4 is 23.4 Å². The minimum absolute atomic E-state index is 0.0955. The van der Waals surface area contributed by atoms with Crippen LogP contribution in [0.3, 0.4) is 0 Å². The Balaban J connectivity index is 1.62. The smallest absolute Gasteiger partial charge is 0.290 e. The van der Waals surface area contributed by atoms with E-state index in [1.54, 1.807) is 65.5 Å². The number of carbonyl (C=O) groups is 2. The summed E-state index contributed by atoms with van der Waals surface area (Å²) in [4.78, 5) is 27.2. The van der Waals surface area contributed by atoms with Crippen molar-refractivity contribution in [3.63, 3.8) is 0 Å². The van der Waals surface area contributed by atoms with E-state index >= 15 is 0 Å². The molecule has 0 aliphatic carbocycles. The van der Waals surface area contributed by atoms with Crippen LogP contribution in [0.25, 0.3) is 17.1 Å². The van der Waals surface area contributed by atoms with E-state index in [-0.39, 0.29) is 5.69 Å². The molecule has 0 spiro atoms. The number of aromatic amines is 1. The normalized spacial score (nSPS) is 10.6. The molecule has 3 N–H and O–H groups in total. The minimum atomic E-state index is -0.575. The number of aromatic nitrogens is 3. The first-order chi connectivity index (χ1) is 13.6. The Hall–Kier alpha value is -3.78. The number of furan rings is 1. The molecule has 0 atom stereocenters. The van der Waals surface area contributed by atoms with Crippen LogP contribution in [0.15, 0.2) is 71.5 Å². The number of halogens is 1. The maximum atomic E-state index is 12.5. The van der Waals surface area contributed by atoms with E-state index in [0.29, 0.717) is 27.9 Å². The molecule has 3 aromatic heterocycles. The van der Waals surface area contributed by atoms with Crippen LogP contribution in [0.2, 0.25) is 5.02 Å². The number of rotatable bonds is 4. The topological polar surface area (TPSA) is 105 Å². The van der Waals surface area contributed by atoms with Crippen LogP contribution in [0, 0.1) is 0 Å². The summed E-state index contributed by atoms with van der Waals surface area (Å²) in [5, 5.41) is 4.88. The summed E-state index contributed by atoms with van der Waals surface area (Å²) in [6, 6.07) is 15.4. The SMILES string of the molecule is O=C(NNC(=O)c1ccc[nH]1)c1cc(-c2ccco2)n(-c2cccc(Cl)c2)n1. The van der Waals surface area contributed by atoms with Gasteiger partial charge in [-0.3, -0.25) is 20.4 Å². The maximum absolute atomic E-state index is 12.5. The average molecular weight is 396 g/mol. The molecule has 4 rings (SSSR count). The van der Waals surface area contributed by atoms with Gasteiger partial charge in [0.25, 0.3) is 11.8 Å². The lowest BCUT2D eigenvalue weighted by atomic mass is 10.2. The highest BCUT2D eigenvalue weighted by Crippen LogP contribution is 2.25. The van der Waals surface area contributed by atoms with E-state index in [2.05, 4.69) is 20.9 Å². The molecule has 0 saturated heterocycles. The fraction of sp³-hybridized carbons (Fsp3) is 0. The van der Waals surface area contributed by atoms with Crippen LogP contribution in [0.4, 0.5) is 0 Å². The Morgan fingerprint density at radius 1 is 1.04 bits per heavy atom. The molecule has 9 heteroatoms. The van der Waals surface area contributed by atoms with Gasteiger partial charge >= 0.3 is 0 Å². The van der Waals surface area contributed by atoms with Crippen LogP contribution in [-0.4, -0.2) is 26.6 Å². The van der Waals surface area contributed by atoms with E-state index in [0.717, 1.165) is 0 Å². The molecule has 0 unspecified atom stereocenters. The zero-order chi connectivity index (χ0) is 19.5. The highest BCUT2D eigenvalue weighted by atomic mass is 35.5. The standard InChI is InChI=1S/C19H14ClN5O3/c20-12-4-1-5-13(10-12)25-16(17-7-3-9-28-17)11-15(24-25)19(27)23-22-18(26)14-6-2-8-21-14/h1-11,21H,(H,22,26)(H,23,27). The van der Waals surface area contributed by atoms with Crippen LogP contribution in [0.1, 0.15) is 21.0 Å². The molecular weight excluding hydrogens is 382 g/mol. The first-order valence-corrected chi connectivity index (χ1v) is 8.63. The molecule has 1 aromatic carbocycles. The Labute approximate surface area is 164 Å². The highest BCUT2D eigenvalue weighted by molar-refractivity contribution is 6.30. The number of benzene rings is 1. The third-order valence-corrected chi connectivity index (χ3v) is 4.14. The Kier molecular flexibility index (Phi) is 4.69. The Morgan fingerprint density at radius 2 is 1.89 bits per heavy atom. The van der Waals surface area contributed by atoms with Gasteiger partial charge in [0.05, 0.1) is 12.0 Å². The number of nitrogens with zero attached hydrogens (tertiary/aromatic N) is 2. The molecule has 2 amide bonds. The van der Waals surface area contributed by atoms with Gasteiger partial charge in [0.1, 0.15) is 11.4 Å². The van der Waals surface area contributed by atoms with Crippen molar-refractivity contribution in [3.05, 3.63) is 83.5 Å². The number of hydrogen-bond acceptors (Lipinski definition) is 4. The van der Waals surface area contributed by atoms with Crippen molar-refractivity contribution in [1.82, 2.24) is 25.6 Å². The van der Waals surface area contributed by atoms with Crippen molar-refractivity contribution < 1.29 is 14.0 Å². The molecule has 0 aliphatic heterocycles. The number of H-pyrrole nitrogens is 1. The third-order valence-electron chi connectivity index (χ3n) is 3.90. The summed E-state index contributed by atoms with van der Waals surface area (Å²) in [7, 11) is 0. The number of amides is 2. The van der Waals surface area contributed by atoms with Crippen LogP contribution >= 0.6 is 11.6 Å². The van der Waals surface area contributed by atoms with Crippen LogP contribution in [-0.2, 0) is 0 Å². The molecule has 0 bridgehead atoms. The van der Waals surface area contributed by atoms with Gasteiger partial charge in [0, 0.05) is 17.3 Å². The monoisotopic (exact) mass is 395 g/mol. The number of carbonyl (C=O) groups excluding carboxylic acids is 2. The molecule has 0 saturated carbocycles. The number of hydrogen-bond donors (Lipinski definition) is 3. The van der Waals surface area contributed by atoms with Gasteiger partial charge < -0.3 is 9.40 Å². The predicted molar refractivity (Wildman–Crippen MR) is 102 cm³/mol. The summed E-state index contributed by atoms with van der Waals surface area (Å²) < 4.78 is 7.00. The summed E-state index contributed by atoms with van der Waals surface area (Å²) in [5.41, 5.74) is 6.32. The van der Waals surface area contributed by atoms with Gasteiger partial charge in [-0.05, 0) is 42.5 Å². The molecule has 140 valence electrons. The summed E-state index contributed by atoms with van der Waals surface area (Å²) in [6.45, 7) is 0. The van der Waals surface area contributed by atoms with E-state index in [4.69, 9.17) is 16.0 Å². The van der Waals surface area contributed by atoms with Gasteiger partial charge in [-0.15, -0.1) is 0 Å². The second-order valence-electron chi connectivity index (χ2n) is 5.78. The fourth-order valence-corrected chi connectivity index (χ4v) is 2.80. The van der Waals surface area contributed by atoms with Crippen LogP contribution < -0.4 is 10.9 Å². The average Bonchev–Trinajstić information content (AvgIpc) is 3.46. The van der Waals surface area contributed by atoms with Crippen molar-refractivity contribution in [2.45, 2.75) is 0 Å². The first-order valence-electron chi connectivity index (χ1n) is 8.26. The van der Waals surface area contributed by atoms with Gasteiger partial charge in [0.2, 0.25) is 0 Å². The van der Waals surface area contributed by atoms with E-state index in [1.165, 1.54) is 6.26 Å². The lowest BCUT2D eigenvalue weighted by Gasteiger charge is -2.06. The fourth-order valence-electron chi connectivity index (χ4n) is 2.61. The van der Waals surface area contributed by atoms with Gasteiger partial charge in [-0.1, -0.05) is 17.7 Å². The molecule has 3 heterocycles. The zero-order valence-corrected chi connectivity index (χ0v) is 15.1. The number of hydrazine groups is 1. The van der Waals surface area contributed by atoms with Gasteiger partial charge in [-0.25, -0.2) is 4.68 Å². The lowest BCUT2D eigenvalue weighted by molar-refractivity contribution is 0.0841. The molecule has 4 aromatic rings. The minimum Gasteiger partial charge on any atom is -0.463 e. The van der Waals surface area contributed by atoms with E-state index in [9.17, 15) is 9.59 Å². The Bertz CT molecular complexity index is 1120. The van der Waals surface area contributed by atoms with Crippen molar-refractivity contribution in [2.75, 3.05) is 0 Å².